The lowest BCUT2D eigenvalue weighted by molar-refractivity contribution is -0.149. The minimum absolute atomic E-state index is 0.0859. The largest absolute Gasteiger partial charge is 0.353 e. The van der Waals surface area contributed by atoms with E-state index in [0.29, 0.717) is 5.56 Å². The van der Waals surface area contributed by atoms with Gasteiger partial charge in [-0.3, -0.25) is 4.79 Å². The molecule has 0 aliphatic carbocycles. The number of amides is 1. The third-order valence-electron chi connectivity index (χ3n) is 3.00. The van der Waals surface area contributed by atoms with Crippen molar-refractivity contribution >= 4 is 5.91 Å². The van der Waals surface area contributed by atoms with Gasteiger partial charge in [-0.25, -0.2) is 0 Å². The van der Waals surface area contributed by atoms with Crippen LogP contribution >= 0.6 is 0 Å². The zero-order valence-electron chi connectivity index (χ0n) is 9.61. The smallest absolute Gasteiger partial charge is 0.252 e. The van der Waals surface area contributed by atoms with Gasteiger partial charge in [0.25, 0.3) is 5.91 Å². The Morgan fingerprint density at radius 1 is 1.25 bits per heavy atom. The van der Waals surface area contributed by atoms with Gasteiger partial charge in [0.15, 0.2) is 6.29 Å². The van der Waals surface area contributed by atoms with E-state index in [1.54, 1.807) is 20.3 Å². The molecule has 0 bridgehead atoms. The molecule has 1 aromatic rings. The molecule has 1 aromatic carbocycles. The fourth-order valence-electron chi connectivity index (χ4n) is 2.26. The van der Waals surface area contributed by atoms with Crippen molar-refractivity contribution in [2.45, 2.75) is 18.8 Å². The summed E-state index contributed by atoms with van der Waals surface area (Å²) in [6.45, 7) is 1.90. The molecule has 4 heteroatoms. The number of rotatable bonds is 3. The van der Waals surface area contributed by atoms with E-state index in [9.17, 15) is 4.79 Å². The van der Waals surface area contributed by atoms with E-state index in [0.717, 1.165) is 5.56 Å². The van der Waals surface area contributed by atoms with Crippen molar-refractivity contribution in [2.75, 3.05) is 14.2 Å². The molecule has 0 fully saturated rings. The summed E-state index contributed by atoms with van der Waals surface area (Å²) in [6, 6.07) is 7.47. The van der Waals surface area contributed by atoms with Crippen LogP contribution in [0.2, 0.25) is 0 Å². The van der Waals surface area contributed by atoms with Crippen molar-refractivity contribution in [3.05, 3.63) is 35.4 Å². The highest BCUT2D eigenvalue weighted by atomic mass is 16.7. The topological polar surface area (TPSA) is 47.6 Å². The summed E-state index contributed by atoms with van der Waals surface area (Å²) in [5.74, 6) is -0.0859. The highest BCUT2D eigenvalue weighted by Gasteiger charge is 2.45. The number of carbonyl (C=O) groups is 1. The molecule has 1 aliphatic rings. The van der Waals surface area contributed by atoms with E-state index in [1.807, 2.05) is 25.1 Å². The number of fused-ring (bicyclic) bond motifs is 1. The lowest BCUT2D eigenvalue weighted by Crippen LogP contribution is -2.48. The molecular formula is C12H15NO3. The summed E-state index contributed by atoms with van der Waals surface area (Å²) in [4.78, 5) is 11.8. The number of ether oxygens (including phenoxy) is 2. The van der Waals surface area contributed by atoms with Crippen LogP contribution in [0.4, 0.5) is 0 Å². The Hall–Kier alpha value is -1.39. The van der Waals surface area contributed by atoms with E-state index < -0.39 is 11.8 Å². The molecule has 0 saturated carbocycles. The summed E-state index contributed by atoms with van der Waals surface area (Å²) < 4.78 is 10.5. The van der Waals surface area contributed by atoms with Crippen molar-refractivity contribution < 1.29 is 14.3 Å². The van der Waals surface area contributed by atoms with Crippen molar-refractivity contribution in [1.29, 1.82) is 0 Å². The molecule has 2 rings (SSSR count). The van der Waals surface area contributed by atoms with Gasteiger partial charge in [0.1, 0.15) is 5.54 Å². The van der Waals surface area contributed by atoms with Crippen molar-refractivity contribution in [2.24, 2.45) is 0 Å². The second-order valence-electron chi connectivity index (χ2n) is 4.01. The number of benzene rings is 1. The second kappa shape index (κ2) is 3.88. The van der Waals surface area contributed by atoms with Crippen LogP contribution in [-0.4, -0.2) is 26.4 Å². The zero-order chi connectivity index (χ0) is 11.8. The quantitative estimate of drug-likeness (QED) is 0.782. The third kappa shape index (κ3) is 1.42. The first-order valence-corrected chi connectivity index (χ1v) is 5.11. The first-order valence-electron chi connectivity index (χ1n) is 5.11. The molecule has 1 amide bonds. The van der Waals surface area contributed by atoms with Gasteiger partial charge < -0.3 is 14.8 Å². The maximum Gasteiger partial charge on any atom is 0.252 e. The van der Waals surface area contributed by atoms with Gasteiger partial charge in [0, 0.05) is 19.8 Å². The maximum atomic E-state index is 11.8. The van der Waals surface area contributed by atoms with Crippen molar-refractivity contribution in [3.63, 3.8) is 0 Å². The number of nitrogens with one attached hydrogen (secondary N) is 1. The predicted molar refractivity (Wildman–Crippen MR) is 59.1 cm³/mol. The van der Waals surface area contributed by atoms with Crippen LogP contribution in [0.15, 0.2) is 24.3 Å². The van der Waals surface area contributed by atoms with E-state index in [1.165, 1.54) is 0 Å². The Labute approximate surface area is 94.6 Å². The zero-order valence-corrected chi connectivity index (χ0v) is 9.61. The molecule has 1 N–H and O–H groups in total. The number of methoxy groups -OCH3 is 2. The van der Waals surface area contributed by atoms with Gasteiger partial charge in [-0.1, -0.05) is 18.2 Å². The first-order chi connectivity index (χ1) is 7.63. The maximum absolute atomic E-state index is 11.8. The Kier molecular flexibility index (Phi) is 2.69. The second-order valence-corrected chi connectivity index (χ2v) is 4.01. The Morgan fingerprint density at radius 3 is 2.50 bits per heavy atom. The average molecular weight is 221 g/mol. The molecule has 0 aromatic heterocycles. The van der Waals surface area contributed by atoms with Gasteiger partial charge in [0.05, 0.1) is 0 Å². The highest BCUT2D eigenvalue weighted by Crippen LogP contribution is 2.34. The Balaban J connectivity index is 2.50. The molecule has 0 unspecified atom stereocenters. The highest BCUT2D eigenvalue weighted by molar-refractivity contribution is 6.00. The third-order valence-corrected chi connectivity index (χ3v) is 3.00. The summed E-state index contributed by atoms with van der Waals surface area (Å²) in [5.41, 5.74) is 0.967. The number of hydrogen-bond donors (Lipinski definition) is 1. The fraction of sp³-hybridized carbons (Fsp3) is 0.417. The lowest BCUT2D eigenvalue weighted by atomic mass is 9.92. The van der Waals surface area contributed by atoms with E-state index >= 15 is 0 Å². The van der Waals surface area contributed by atoms with Crippen LogP contribution < -0.4 is 5.32 Å². The molecule has 1 atom stereocenters. The van der Waals surface area contributed by atoms with Crippen LogP contribution in [0.1, 0.15) is 22.8 Å². The molecule has 1 heterocycles. The summed E-state index contributed by atoms with van der Waals surface area (Å²) >= 11 is 0. The lowest BCUT2D eigenvalue weighted by Gasteiger charge is -2.32. The molecule has 86 valence electrons. The first kappa shape index (κ1) is 11.1. The minimum Gasteiger partial charge on any atom is -0.353 e. The van der Waals surface area contributed by atoms with Gasteiger partial charge in [-0.15, -0.1) is 0 Å². The van der Waals surface area contributed by atoms with E-state index in [4.69, 9.17) is 9.47 Å². The van der Waals surface area contributed by atoms with Gasteiger partial charge in [-0.05, 0) is 18.6 Å². The van der Waals surface area contributed by atoms with Crippen molar-refractivity contribution in [3.8, 4) is 0 Å². The average Bonchev–Trinajstić information content (AvgIpc) is 2.55. The van der Waals surface area contributed by atoms with Crippen LogP contribution in [-0.2, 0) is 15.0 Å². The van der Waals surface area contributed by atoms with Crippen LogP contribution in [0.3, 0.4) is 0 Å². The van der Waals surface area contributed by atoms with Crippen molar-refractivity contribution in [1.82, 2.24) is 5.32 Å². The van der Waals surface area contributed by atoms with Gasteiger partial charge in [-0.2, -0.15) is 0 Å². The molecule has 0 spiro atoms. The number of hydrogen-bond acceptors (Lipinski definition) is 3. The molecule has 4 nitrogen and oxygen atoms in total. The molecule has 0 saturated heterocycles. The molecule has 1 aliphatic heterocycles. The van der Waals surface area contributed by atoms with E-state index in [2.05, 4.69) is 5.32 Å². The Morgan fingerprint density at radius 2 is 1.88 bits per heavy atom. The molecular weight excluding hydrogens is 206 g/mol. The van der Waals surface area contributed by atoms with Crippen LogP contribution in [0, 0.1) is 0 Å². The normalized spacial score (nSPS) is 23.4. The Bertz CT molecular complexity index is 414. The molecule has 16 heavy (non-hydrogen) atoms. The fourth-order valence-corrected chi connectivity index (χ4v) is 2.26. The standard InChI is InChI=1S/C12H15NO3/c1-12(11(15-2)16-3)9-7-5-4-6-8(9)10(14)13-12/h4-7,11H,1-3H3,(H,13,14)/t12-/m0/s1. The predicted octanol–water partition coefficient (Wildman–Crippen LogP) is 1.26. The SMILES string of the molecule is COC(OC)[C@@]1(C)NC(=O)c2ccccc21. The summed E-state index contributed by atoms with van der Waals surface area (Å²) in [5, 5.41) is 2.91. The van der Waals surface area contributed by atoms with Gasteiger partial charge in [0.2, 0.25) is 0 Å². The summed E-state index contributed by atoms with van der Waals surface area (Å²) in [6.07, 6.45) is -0.500. The minimum atomic E-state index is -0.628. The molecule has 0 radical (unpaired) electrons. The number of carbonyl (C=O) groups excluding carboxylic acids is 1. The van der Waals surface area contributed by atoms with Crippen LogP contribution in [0.5, 0.6) is 0 Å². The van der Waals surface area contributed by atoms with E-state index in [-0.39, 0.29) is 5.91 Å². The van der Waals surface area contributed by atoms with Gasteiger partial charge >= 0.3 is 0 Å². The monoisotopic (exact) mass is 221 g/mol. The van der Waals surface area contributed by atoms with Crippen LogP contribution in [0.25, 0.3) is 0 Å². The summed E-state index contributed by atoms with van der Waals surface area (Å²) in [7, 11) is 3.12.